The summed E-state index contributed by atoms with van der Waals surface area (Å²) in [5, 5.41) is 3.63. The second-order valence-corrected chi connectivity index (χ2v) is 5.83. The number of nitrogens with zero attached hydrogens (tertiary/aromatic N) is 1. The molecular weight excluding hydrogens is 184 g/mol. The van der Waals surface area contributed by atoms with Crippen LogP contribution in [0.2, 0.25) is 0 Å². The van der Waals surface area contributed by atoms with Crippen LogP contribution in [0.3, 0.4) is 0 Å². The molecule has 0 aromatic heterocycles. The molecule has 0 bridgehead atoms. The third-order valence-corrected chi connectivity index (χ3v) is 4.04. The van der Waals surface area contributed by atoms with Crippen LogP contribution in [-0.2, 0) is 0 Å². The largest absolute Gasteiger partial charge is 0.311 e. The Bertz CT molecular complexity index is 199. The van der Waals surface area contributed by atoms with Gasteiger partial charge in [0.25, 0.3) is 0 Å². The summed E-state index contributed by atoms with van der Waals surface area (Å²) in [5.41, 5.74) is 0. The van der Waals surface area contributed by atoms with Gasteiger partial charge in [-0.1, -0.05) is 26.7 Å². The summed E-state index contributed by atoms with van der Waals surface area (Å²) in [5.74, 6) is 1.83. The monoisotopic (exact) mass is 210 g/mol. The highest BCUT2D eigenvalue weighted by Crippen LogP contribution is 2.34. The van der Waals surface area contributed by atoms with Gasteiger partial charge in [-0.3, -0.25) is 4.90 Å². The zero-order valence-electron chi connectivity index (χ0n) is 10.5. The lowest BCUT2D eigenvalue weighted by atomic mass is 10.00. The van der Waals surface area contributed by atoms with Crippen molar-refractivity contribution in [3.8, 4) is 0 Å². The van der Waals surface area contributed by atoms with Gasteiger partial charge in [-0.05, 0) is 25.2 Å². The minimum absolute atomic E-state index is 0.709. The normalized spacial score (nSPS) is 30.8. The van der Waals surface area contributed by atoms with Gasteiger partial charge < -0.3 is 5.32 Å². The van der Waals surface area contributed by atoms with Gasteiger partial charge in [0.05, 0.1) is 0 Å². The van der Waals surface area contributed by atoms with Gasteiger partial charge in [0.1, 0.15) is 0 Å². The predicted molar refractivity (Wildman–Crippen MR) is 65.0 cm³/mol. The molecule has 0 radical (unpaired) electrons. The molecule has 2 heteroatoms. The molecule has 1 N–H and O–H groups in total. The third kappa shape index (κ3) is 3.18. The average molecular weight is 210 g/mol. The standard InChI is InChI=1S/C13H26N2/c1-10(2)13-9-15(7-6-14-13)11(3)8-12-4-5-12/h10-14H,4-9H2,1-3H3. The maximum Gasteiger partial charge on any atom is 0.0218 e. The minimum atomic E-state index is 0.709. The zero-order valence-corrected chi connectivity index (χ0v) is 10.5. The van der Waals surface area contributed by atoms with Gasteiger partial charge in [0, 0.05) is 31.7 Å². The minimum Gasteiger partial charge on any atom is -0.311 e. The van der Waals surface area contributed by atoms with E-state index in [-0.39, 0.29) is 0 Å². The highest BCUT2D eigenvalue weighted by atomic mass is 15.2. The Balaban J connectivity index is 1.79. The van der Waals surface area contributed by atoms with Crippen molar-refractivity contribution in [3.63, 3.8) is 0 Å². The number of hydrogen-bond donors (Lipinski definition) is 1. The van der Waals surface area contributed by atoms with Crippen LogP contribution in [0.4, 0.5) is 0 Å². The predicted octanol–water partition coefficient (Wildman–Crippen LogP) is 2.10. The highest BCUT2D eigenvalue weighted by Gasteiger charge is 2.29. The molecule has 2 fully saturated rings. The lowest BCUT2D eigenvalue weighted by molar-refractivity contribution is 0.126. The van der Waals surface area contributed by atoms with Gasteiger partial charge in [0.15, 0.2) is 0 Å². The van der Waals surface area contributed by atoms with Gasteiger partial charge in [-0.2, -0.15) is 0 Å². The Kier molecular flexibility index (Phi) is 3.68. The number of hydrogen-bond acceptors (Lipinski definition) is 2. The molecule has 2 unspecified atom stereocenters. The first-order valence-electron chi connectivity index (χ1n) is 6.64. The van der Waals surface area contributed by atoms with E-state index in [1.54, 1.807) is 0 Å². The number of piperazine rings is 1. The van der Waals surface area contributed by atoms with Gasteiger partial charge in [-0.15, -0.1) is 0 Å². The van der Waals surface area contributed by atoms with E-state index in [9.17, 15) is 0 Å². The summed E-state index contributed by atoms with van der Waals surface area (Å²) in [7, 11) is 0. The van der Waals surface area contributed by atoms with Crippen LogP contribution in [0.1, 0.15) is 40.0 Å². The SMILES string of the molecule is CC(C)C1CN(C(C)CC2CC2)CCN1. The molecule has 2 nitrogen and oxygen atoms in total. The van der Waals surface area contributed by atoms with Gasteiger partial charge >= 0.3 is 0 Å². The molecule has 1 saturated carbocycles. The smallest absolute Gasteiger partial charge is 0.0218 e. The molecule has 2 atom stereocenters. The van der Waals surface area contributed by atoms with Crippen LogP contribution < -0.4 is 5.32 Å². The zero-order chi connectivity index (χ0) is 10.8. The molecule has 1 aliphatic carbocycles. The Morgan fingerprint density at radius 2 is 2.00 bits per heavy atom. The fourth-order valence-corrected chi connectivity index (χ4v) is 2.63. The molecule has 88 valence electrons. The molecular formula is C13H26N2. The number of rotatable bonds is 4. The summed E-state index contributed by atoms with van der Waals surface area (Å²) < 4.78 is 0. The van der Waals surface area contributed by atoms with Crippen LogP contribution in [0.5, 0.6) is 0 Å². The van der Waals surface area contributed by atoms with Crippen LogP contribution in [-0.4, -0.2) is 36.6 Å². The first-order chi connectivity index (χ1) is 7.16. The maximum atomic E-state index is 3.63. The molecule has 1 aliphatic heterocycles. The lowest BCUT2D eigenvalue weighted by Crippen LogP contribution is -2.55. The molecule has 2 aliphatic rings. The van der Waals surface area contributed by atoms with Crippen LogP contribution >= 0.6 is 0 Å². The van der Waals surface area contributed by atoms with Crippen molar-refractivity contribution in [2.45, 2.75) is 52.1 Å². The Morgan fingerprint density at radius 1 is 1.27 bits per heavy atom. The molecule has 1 heterocycles. The van der Waals surface area contributed by atoms with E-state index in [4.69, 9.17) is 0 Å². The summed E-state index contributed by atoms with van der Waals surface area (Å²) in [6.45, 7) is 10.8. The highest BCUT2D eigenvalue weighted by molar-refractivity contribution is 4.86. The molecule has 2 rings (SSSR count). The van der Waals surface area contributed by atoms with E-state index in [1.165, 1.54) is 38.9 Å². The Labute approximate surface area is 94.4 Å². The third-order valence-electron chi connectivity index (χ3n) is 4.04. The Morgan fingerprint density at radius 3 is 2.60 bits per heavy atom. The summed E-state index contributed by atoms with van der Waals surface area (Å²) in [6, 6.07) is 1.52. The van der Waals surface area contributed by atoms with E-state index in [1.807, 2.05) is 0 Å². The average Bonchev–Trinajstić information content (AvgIpc) is 3.02. The van der Waals surface area contributed by atoms with Crippen molar-refractivity contribution in [2.24, 2.45) is 11.8 Å². The summed E-state index contributed by atoms with van der Waals surface area (Å²) in [6.07, 6.45) is 4.42. The van der Waals surface area contributed by atoms with Crippen molar-refractivity contribution < 1.29 is 0 Å². The van der Waals surface area contributed by atoms with E-state index < -0.39 is 0 Å². The second-order valence-electron chi connectivity index (χ2n) is 5.83. The maximum absolute atomic E-state index is 3.63. The topological polar surface area (TPSA) is 15.3 Å². The first-order valence-corrected chi connectivity index (χ1v) is 6.64. The summed E-state index contributed by atoms with van der Waals surface area (Å²) >= 11 is 0. The van der Waals surface area contributed by atoms with Gasteiger partial charge in [0.2, 0.25) is 0 Å². The molecule has 0 spiro atoms. The molecule has 1 saturated heterocycles. The fourth-order valence-electron chi connectivity index (χ4n) is 2.63. The molecule has 0 aromatic carbocycles. The van der Waals surface area contributed by atoms with E-state index in [2.05, 4.69) is 31.0 Å². The lowest BCUT2D eigenvalue weighted by Gasteiger charge is -2.39. The molecule has 15 heavy (non-hydrogen) atoms. The number of nitrogens with one attached hydrogen (secondary N) is 1. The quantitative estimate of drug-likeness (QED) is 0.764. The molecule has 0 aromatic rings. The fraction of sp³-hybridized carbons (Fsp3) is 1.00. The van der Waals surface area contributed by atoms with Crippen molar-refractivity contribution >= 4 is 0 Å². The molecule has 0 amide bonds. The van der Waals surface area contributed by atoms with Crippen LogP contribution in [0.25, 0.3) is 0 Å². The van der Waals surface area contributed by atoms with Crippen molar-refractivity contribution in [2.75, 3.05) is 19.6 Å². The van der Waals surface area contributed by atoms with Crippen molar-refractivity contribution in [1.29, 1.82) is 0 Å². The van der Waals surface area contributed by atoms with Crippen LogP contribution in [0, 0.1) is 11.8 Å². The Hall–Kier alpha value is -0.0800. The van der Waals surface area contributed by atoms with Crippen molar-refractivity contribution in [3.05, 3.63) is 0 Å². The summed E-state index contributed by atoms with van der Waals surface area (Å²) in [4.78, 5) is 2.69. The van der Waals surface area contributed by atoms with Gasteiger partial charge in [-0.25, -0.2) is 0 Å². The van der Waals surface area contributed by atoms with Crippen molar-refractivity contribution in [1.82, 2.24) is 10.2 Å². The van der Waals surface area contributed by atoms with E-state index in [0.29, 0.717) is 6.04 Å². The van der Waals surface area contributed by atoms with E-state index >= 15 is 0 Å². The van der Waals surface area contributed by atoms with Crippen LogP contribution in [0.15, 0.2) is 0 Å². The van der Waals surface area contributed by atoms with E-state index in [0.717, 1.165) is 17.9 Å². The first kappa shape index (κ1) is 11.4. The second kappa shape index (κ2) is 4.84.